The second-order valence-electron chi connectivity index (χ2n) is 4.74. The summed E-state index contributed by atoms with van der Waals surface area (Å²) >= 11 is 1.65. The van der Waals surface area contributed by atoms with Crippen molar-refractivity contribution < 1.29 is 13.2 Å². The summed E-state index contributed by atoms with van der Waals surface area (Å²) in [4.78, 5) is 4.22. The number of amidine groups is 1. The maximum atomic E-state index is 11.9. The quantitative estimate of drug-likeness (QED) is 0.805. The van der Waals surface area contributed by atoms with E-state index in [1.165, 1.54) is 19.3 Å². The van der Waals surface area contributed by atoms with Crippen LogP contribution in [-0.4, -0.2) is 34.3 Å². The highest BCUT2D eigenvalue weighted by atomic mass is 32.2. The molecular weight excluding hydrogens is 281 g/mol. The lowest BCUT2D eigenvalue weighted by Gasteiger charge is -2.32. The summed E-state index contributed by atoms with van der Waals surface area (Å²) < 4.78 is 35.8. The Kier molecular flexibility index (Phi) is 4.75. The third-order valence-electron chi connectivity index (χ3n) is 3.28. The van der Waals surface area contributed by atoms with Gasteiger partial charge in [0.25, 0.3) is 0 Å². The van der Waals surface area contributed by atoms with Gasteiger partial charge in [0.05, 0.1) is 6.54 Å². The number of alkyl halides is 3. The monoisotopic (exact) mass is 298 g/mol. The minimum absolute atomic E-state index is 0.0000991. The number of thioether (sulfide) groups is 2. The van der Waals surface area contributed by atoms with Gasteiger partial charge in [0.15, 0.2) is 5.17 Å². The third-order valence-corrected chi connectivity index (χ3v) is 5.20. The SMILES string of the molecule is FC(F)(F)SCCN=C1NC2(CCCCC2)CS1. The molecule has 1 aliphatic heterocycles. The number of halogens is 3. The fraction of sp³-hybridized carbons (Fsp3) is 0.909. The Morgan fingerprint density at radius 1 is 1.28 bits per heavy atom. The summed E-state index contributed by atoms with van der Waals surface area (Å²) in [5.41, 5.74) is -3.96. The summed E-state index contributed by atoms with van der Waals surface area (Å²) in [6, 6.07) is 0. The molecule has 104 valence electrons. The first-order chi connectivity index (χ1) is 8.49. The summed E-state index contributed by atoms with van der Waals surface area (Å²) in [5, 5.41) is 4.26. The van der Waals surface area contributed by atoms with Gasteiger partial charge >= 0.3 is 5.51 Å². The van der Waals surface area contributed by atoms with E-state index in [0.29, 0.717) is 0 Å². The molecule has 2 rings (SSSR count). The molecule has 0 aromatic rings. The van der Waals surface area contributed by atoms with Crippen LogP contribution in [-0.2, 0) is 0 Å². The first kappa shape index (κ1) is 14.4. The van der Waals surface area contributed by atoms with E-state index in [1.807, 2.05) is 0 Å². The van der Waals surface area contributed by atoms with Gasteiger partial charge in [-0.15, -0.1) is 0 Å². The molecule has 2 fully saturated rings. The third kappa shape index (κ3) is 4.26. The number of nitrogens with zero attached hydrogens (tertiary/aromatic N) is 1. The normalized spacial score (nSPS) is 25.6. The number of hydrogen-bond acceptors (Lipinski definition) is 3. The molecule has 0 aromatic heterocycles. The van der Waals surface area contributed by atoms with Crippen molar-refractivity contribution in [3.8, 4) is 0 Å². The van der Waals surface area contributed by atoms with Crippen molar-refractivity contribution in [3.63, 3.8) is 0 Å². The smallest absolute Gasteiger partial charge is 0.359 e. The van der Waals surface area contributed by atoms with Gasteiger partial charge in [-0.05, 0) is 24.6 Å². The second-order valence-corrected chi connectivity index (χ2v) is 6.86. The molecule has 0 atom stereocenters. The van der Waals surface area contributed by atoms with Gasteiger partial charge in [-0.3, -0.25) is 4.99 Å². The van der Waals surface area contributed by atoms with Crippen LogP contribution in [0.1, 0.15) is 32.1 Å². The van der Waals surface area contributed by atoms with Crippen LogP contribution in [0.15, 0.2) is 4.99 Å². The summed E-state index contributed by atoms with van der Waals surface area (Å²) in [6.07, 6.45) is 6.10. The van der Waals surface area contributed by atoms with Gasteiger partial charge in [-0.25, -0.2) is 0 Å². The van der Waals surface area contributed by atoms with Gasteiger partial charge in [0, 0.05) is 17.0 Å². The highest BCUT2D eigenvalue weighted by molar-refractivity contribution is 8.14. The largest absolute Gasteiger partial charge is 0.441 e. The van der Waals surface area contributed by atoms with Gasteiger partial charge in [0.2, 0.25) is 0 Å². The van der Waals surface area contributed by atoms with Crippen LogP contribution in [0.5, 0.6) is 0 Å². The van der Waals surface area contributed by atoms with E-state index < -0.39 is 5.51 Å². The summed E-state index contributed by atoms with van der Waals surface area (Å²) in [7, 11) is 0. The van der Waals surface area contributed by atoms with Crippen LogP contribution >= 0.6 is 23.5 Å². The lowest BCUT2D eigenvalue weighted by molar-refractivity contribution is -0.0327. The highest BCUT2D eigenvalue weighted by Crippen LogP contribution is 2.36. The molecule has 1 aliphatic carbocycles. The Morgan fingerprint density at radius 3 is 2.67 bits per heavy atom. The van der Waals surface area contributed by atoms with Crippen LogP contribution < -0.4 is 5.32 Å². The molecule has 0 aromatic carbocycles. The lowest BCUT2D eigenvalue weighted by atomic mass is 9.83. The molecule has 7 heteroatoms. The van der Waals surface area contributed by atoms with Crippen molar-refractivity contribution in [3.05, 3.63) is 0 Å². The highest BCUT2D eigenvalue weighted by Gasteiger charge is 2.38. The zero-order valence-electron chi connectivity index (χ0n) is 10.1. The molecule has 0 unspecified atom stereocenters. The average Bonchev–Trinajstić information content (AvgIpc) is 2.68. The second kappa shape index (κ2) is 5.94. The standard InChI is InChI=1S/C11H17F3N2S2/c12-11(13,14)18-7-6-15-9-16-10(8-17-9)4-2-1-3-5-10/h1-8H2,(H,15,16). The molecule has 0 amide bonds. The Balaban J connectivity index is 1.74. The van der Waals surface area contributed by atoms with Gasteiger partial charge < -0.3 is 5.32 Å². The predicted molar refractivity (Wildman–Crippen MR) is 72.2 cm³/mol. The number of rotatable bonds is 3. The van der Waals surface area contributed by atoms with Crippen LogP contribution in [0, 0.1) is 0 Å². The molecule has 18 heavy (non-hydrogen) atoms. The van der Waals surface area contributed by atoms with Crippen molar-refractivity contribution in [2.24, 2.45) is 4.99 Å². The van der Waals surface area contributed by atoms with Crippen molar-refractivity contribution in [2.45, 2.75) is 43.2 Å². The summed E-state index contributed by atoms with van der Waals surface area (Å²) in [6.45, 7) is 0.232. The molecule has 1 heterocycles. The van der Waals surface area contributed by atoms with E-state index in [2.05, 4.69) is 10.3 Å². The number of hydrogen-bond donors (Lipinski definition) is 1. The lowest BCUT2D eigenvalue weighted by Crippen LogP contribution is -2.45. The van der Waals surface area contributed by atoms with E-state index >= 15 is 0 Å². The van der Waals surface area contributed by atoms with Gasteiger partial charge in [-0.2, -0.15) is 13.2 Å². The Hall–Kier alpha value is -0.0400. The van der Waals surface area contributed by atoms with E-state index in [0.717, 1.165) is 23.8 Å². The molecule has 1 N–H and O–H groups in total. The Morgan fingerprint density at radius 2 is 2.00 bits per heavy atom. The molecule has 1 saturated heterocycles. The maximum absolute atomic E-state index is 11.9. The molecule has 2 nitrogen and oxygen atoms in total. The van der Waals surface area contributed by atoms with Crippen LogP contribution in [0.4, 0.5) is 13.2 Å². The fourth-order valence-electron chi connectivity index (χ4n) is 2.40. The minimum atomic E-state index is -4.14. The van der Waals surface area contributed by atoms with E-state index in [4.69, 9.17) is 0 Å². The number of nitrogens with one attached hydrogen (secondary N) is 1. The molecule has 0 bridgehead atoms. The molecule has 1 spiro atoms. The van der Waals surface area contributed by atoms with Crippen LogP contribution in [0.25, 0.3) is 0 Å². The number of aliphatic imine (C=N–C) groups is 1. The van der Waals surface area contributed by atoms with Crippen LogP contribution in [0.3, 0.4) is 0 Å². The minimum Gasteiger partial charge on any atom is -0.359 e. The van der Waals surface area contributed by atoms with Crippen molar-refractivity contribution in [2.75, 3.05) is 18.1 Å². The zero-order chi connectivity index (χ0) is 13.1. The first-order valence-electron chi connectivity index (χ1n) is 6.15. The van der Waals surface area contributed by atoms with Crippen molar-refractivity contribution in [1.29, 1.82) is 0 Å². The van der Waals surface area contributed by atoms with Crippen molar-refractivity contribution in [1.82, 2.24) is 5.32 Å². The first-order valence-corrected chi connectivity index (χ1v) is 8.12. The average molecular weight is 298 g/mol. The van der Waals surface area contributed by atoms with Gasteiger partial charge in [-0.1, -0.05) is 31.0 Å². The van der Waals surface area contributed by atoms with E-state index in [1.54, 1.807) is 11.8 Å². The Labute approximate surface area is 114 Å². The fourth-order valence-corrected chi connectivity index (χ4v) is 4.06. The zero-order valence-corrected chi connectivity index (χ0v) is 11.7. The van der Waals surface area contributed by atoms with Crippen LogP contribution in [0.2, 0.25) is 0 Å². The molecule has 0 radical (unpaired) electrons. The maximum Gasteiger partial charge on any atom is 0.441 e. The van der Waals surface area contributed by atoms with Gasteiger partial charge in [0.1, 0.15) is 0 Å². The topological polar surface area (TPSA) is 24.4 Å². The molecule has 1 saturated carbocycles. The summed E-state index contributed by atoms with van der Waals surface area (Å²) in [5.74, 6) is 1.01. The molecular formula is C11H17F3N2S2. The van der Waals surface area contributed by atoms with E-state index in [9.17, 15) is 13.2 Å². The molecule has 2 aliphatic rings. The van der Waals surface area contributed by atoms with E-state index in [-0.39, 0.29) is 29.6 Å². The van der Waals surface area contributed by atoms with Crippen molar-refractivity contribution >= 4 is 28.7 Å². The predicted octanol–water partition coefficient (Wildman–Crippen LogP) is 3.63. The Bertz CT molecular complexity index is 312.